The number of hydrogen-bond acceptors (Lipinski definition) is 4. The maximum Gasteiger partial charge on any atom is 0.408 e. The van der Waals surface area contributed by atoms with Crippen LogP contribution in [-0.4, -0.2) is 18.7 Å². The Kier molecular flexibility index (Phi) is 7.02. The highest BCUT2D eigenvalue weighted by molar-refractivity contribution is 5.84. The number of fused-ring (bicyclic) bond motifs is 3. The van der Waals surface area contributed by atoms with Crippen LogP contribution in [0.3, 0.4) is 0 Å². The van der Waals surface area contributed by atoms with Gasteiger partial charge in [0.2, 0.25) is 34.8 Å². The third-order valence-electron chi connectivity index (χ3n) is 6.35. The van der Waals surface area contributed by atoms with Crippen LogP contribution in [0.25, 0.3) is 11.1 Å². The van der Waals surface area contributed by atoms with Gasteiger partial charge in [0, 0.05) is 5.92 Å². The van der Waals surface area contributed by atoms with Crippen LogP contribution < -0.4 is 10.1 Å². The zero-order valence-corrected chi connectivity index (χ0v) is 19.9. The first-order valence-electron chi connectivity index (χ1n) is 11.7. The van der Waals surface area contributed by atoms with E-state index in [0.29, 0.717) is 0 Å². The van der Waals surface area contributed by atoms with Crippen molar-refractivity contribution in [2.45, 2.75) is 12.0 Å². The Hall–Kier alpha value is -4.73. The number of esters is 1. The molecule has 0 spiro atoms. The highest BCUT2D eigenvalue weighted by atomic mass is 19.2. The fourth-order valence-corrected chi connectivity index (χ4v) is 4.52. The second-order valence-corrected chi connectivity index (χ2v) is 8.63. The molecule has 1 amide bonds. The SMILES string of the molecule is O=C(N[C@H](C(=O)Oc1c(F)c(F)c(F)c(F)c1F)c1ccccc1)OCC1c2ccccc2-c2ccccc21. The summed E-state index contributed by atoms with van der Waals surface area (Å²) in [4.78, 5) is 25.7. The van der Waals surface area contributed by atoms with Crippen molar-refractivity contribution in [3.63, 3.8) is 0 Å². The van der Waals surface area contributed by atoms with E-state index in [0.717, 1.165) is 22.3 Å². The van der Waals surface area contributed by atoms with E-state index in [1.54, 1.807) is 6.07 Å². The quantitative estimate of drug-likeness (QED) is 0.0990. The molecule has 0 saturated heterocycles. The molecule has 5 rings (SSSR count). The molecule has 4 aromatic carbocycles. The van der Waals surface area contributed by atoms with Crippen LogP contribution in [0.2, 0.25) is 0 Å². The van der Waals surface area contributed by atoms with Crippen molar-refractivity contribution in [1.82, 2.24) is 5.32 Å². The molecule has 0 heterocycles. The fraction of sp³-hybridized carbons (Fsp3) is 0.103. The molecule has 0 aromatic heterocycles. The van der Waals surface area contributed by atoms with Crippen molar-refractivity contribution in [1.29, 1.82) is 0 Å². The molecule has 0 radical (unpaired) electrons. The lowest BCUT2D eigenvalue weighted by Crippen LogP contribution is -2.37. The average molecular weight is 539 g/mol. The summed E-state index contributed by atoms with van der Waals surface area (Å²) in [6, 6.07) is 21.0. The summed E-state index contributed by atoms with van der Waals surface area (Å²) < 4.78 is 78.8. The van der Waals surface area contributed by atoms with Crippen molar-refractivity contribution < 1.29 is 41.0 Å². The van der Waals surface area contributed by atoms with E-state index in [9.17, 15) is 31.5 Å². The molecule has 0 unspecified atom stereocenters. The number of rotatable bonds is 6. The second kappa shape index (κ2) is 10.6. The van der Waals surface area contributed by atoms with Gasteiger partial charge in [-0.05, 0) is 27.8 Å². The molecular weight excluding hydrogens is 521 g/mol. The Morgan fingerprint density at radius 3 is 1.74 bits per heavy atom. The summed E-state index contributed by atoms with van der Waals surface area (Å²) in [5.74, 6) is -15.2. The van der Waals surface area contributed by atoms with E-state index in [4.69, 9.17) is 4.74 Å². The molecule has 1 N–H and O–H groups in total. The predicted octanol–water partition coefficient (Wildman–Crippen LogP) is 6.57. The first-order chi connectivity index (χ1) is 18.8. The van der Waals surface area contributed by atoms with Gasteiger partial charge in [-0.3, -0.25) is 0 Å². The van der Waals surface area contributed by atoms with Crippen LogP contribution in [-0.2, 0) is 9.53 Å². The Labute approximate surface area is 218 Å². The molecule has 0 fully saturated rings. The van der Waals surface area contributed by atoms with Crippen LogP contribution in [0.4, 0.5) is 26.7 Å². The number of benzene rings is 4. The van der Waals surface area contributed by atoms with Gasteiger partial charge in [-0.1, -0.05) is 78.9 Å². The van der Waals surface area contributed by atoms with E-state index < -0.39 is 52.9 Å². The third-order valence-corrected chi connectivity index (χ3v) is 6.35. The van der Waals surface area contributed by atoms with Crippen LogP contribution in [0, 0.1) is 29.1 Å². The zero-order valence-electron chi connectivity index (χ0n) is 19.9. The minimum Gasteiger partial charge on any atom is -0.449 e. The molecule has 5 nitrogen and oxygen atoms in total. The molecular formula is C29H18F5NO4. The lowest BCUT2D eigenvalue weighted by Gasteiger charge is -2.20. The zero-order chi connectivity index (χ0) is 27.7. The van der Waals surface area contributed by atoms with Crippen molar-refractivity contribution in [2.75, 3.05) is 6.61 Å². The molecule has 0 aliphatic heterocycles. The lowest BCUT2D eigenvalue weighted by molar-refractivity contribution is -0.137. The summed E-state index contributed by atoms with van der Waals surface area (Å²) in [6.45, 7) is -0.103. The van der Waals surface area contributed by atoms with Crippen molar-refractivity contribution in [3.8, 4) is 16.9 Å². The van der Waals surface area contributed by atoms with Crippen LogP contribution in [0.15, 0.2) is 78.9 Å². The minimum absolute atomic E-state index is 0.103. The van der Waals surface area contributed by atoms with Gasteiger partial charge >= 0.3 is 12.1 Å². The first kappa shape index (κ1) is 25.9. The Morgan fingerprint density at radius 1 is 0.692 bits per heavy atom. The van der Waals surface area contributed by atoms with Gasteiger partial charge in [-0.25, -0.2) is 22.8 Å². The molecule has 1 aliphatic carbocycles. The summed E-state index contributed by atoms with van der Waals surface area (Å²) in [5.41, 5.74) is 3.99. The Balaban J connectivity index is 1.36. The third kappa shape index (κ3) is 4.81. The number of nitrogens with one attached hydrogen (secondary N) is 1. The molecule has 1 aliphatic rings. The molecule has 0 bridgehead atoms. The highest BCUT2D eigenvalue weighted by Gasteiger charge is 2.33. The van der Waals surface area contributed by atoms with E-state index in [2.05, 4.69) is 10.1 Å². The van der Waals surface area contributed by atoms with Crippen molar-refractivity contribution in [2.24, 2.45) is 0 Å². The lowest BCUT2D eigenvalue weighted by atomic mass is 9.98. The van der Waals surface area contributed by atoms with Gasteiger partial charge < -0.3 is 14.8 Å². The van der Waals surface area contributed by atoms with Gasteiger partial charge in [-0.2, -0.15) is 8.78 Å². The summed E-state index contributed by atoms with van der Waals surface area (Å²) in [7, 11) is 0. The largest absolute Gasteiger partial charge is 0.449 e. The van der Waals surface area contributed by atoms with Gasteiger partial charge in [0.25, 0.3) is 0 Å². The van der Waals surface area contributed by atoms with Crippen LogP contribution in [0.5, 0.6) is 5.75 Å². The van der Waals surface area contributed by atoms with Gasteiger partial charge in [0.15, 0.2) is 6.04 Å². The second-order valence-electron chi connectivity index (χ2n) is 8.63. The fourth-order valence-electron chi connectivity index (χ4n) is 4.52. The van der Waals surface area contributed by atoms with Gasteiger partial charge in [0.1, 0.15) is 6.61 Å². The number of amides is 1. The number of halogens is 5. The Bertz CT molecular complexity index is 1500. The maximum absolute atomic E-state index is 14.1. The smallest absolute Gasteiger partial charge is 0.408 e. The summed E-state index contributed by atoms with van der Waals surface area (Å²) in [5, 5.41) is 2.26. The van der Waals surface area contributed by atoms with Crippen molar-refractivity contribution >= 4 is 12.1 Å². The molecule has 10 heteroatoms. The van der Waals surface area contributed by atoms with Gasteiger partial charge in [0.05, 0.1) is 0 Å². The normalized spacial score (nSPS) is 12.8. The number of alkyl carbamates (subject to hydrolysis) is 1. The van der Waals surface area contributed by atoms with Crippen molar-refractivity contribution in [3.05, 3.63) is 125 Å². The maximum atomic E-state index is 14.1. The van der Waals surface area contributed by atoms with E-state index in [1.807, 2.05) is 48.5 Å². The highest BCUT2D eigenvalue weighted by Crippen LogP contribution is 2.44. The van der Waals surface area contributed by atoms with Gasteiger partial charge in [-0.15, -0.1) is 0 Å². The van der Waals surface area contributed by atoms with Crippen LogP contribution in [0.1, 0.15) is 28.7 Å². The molecule has 0 saturated carbocycles. The number of carbonyl (C=O) groups excluding carboxylic acids is 2. The monoisotopic (exact) mass is 539 g/mol. The minimum atomic E-state index is -2.40. The Morgan fingerprint density at radius 2 is 1.18 bits per heavy atom. The summed E-state index contributed by atoms with van der Waals surface area (Å²) in [6.07, 6.45) is -1.07. The van der Waals surface area contributed by atoms with E-state index in [-0.39, 0.29) is 18.1 Å². The number of ether oxygens (including phenoxy) is 2. The first-order valence-corrected chi connectivity index (χ1v) is 11.7. The summed E-state index contributed by atoms with van der Waals surface area (Å²) >= 11 is 0. The molecule has 1 atom stereocenters. The molecule has 198 valence electrons. The molecule has 4 aromatic rings. The predicted molar refractivity (Wildman–Crippen MR) is 129 cm³/mol. The number of hydrogen-bond donors (Lipinski definition) is 1. The standard InChI is InChI=1S/C29H18F5NO4/c30-21-22(31)24(33)27(25(34)23(21)32)39-28(36)26(15-8-2-1-3-9-15)35-29(37)38-14-20-18-12-6-4-10-16(18)17-11-5-7-13-19(17)20/h1-13,20,26H,14H2,(H,35,37)/t26-/m0/s1. The van der Waals surface area contributed by atoms with Crippen LogP contribution >= 0.6 is 0 Å². The molecule has 39 heavy (non-hydrogen) atoms. The van der Waals surface area contributed by atoms with E-state index >= 15 is 0 Å². The average Bonchev–Trinajstić information content (AvgIpc) is 3.29. The number of carbonyl (C=O) groups is 2. The van der Waals surface area contributed by atoms with E-state index in [1.165, 1.54) is 24.3 Å². The topological polar surface area (TPSA) is 64.6 Å².